The Hall–Kier alpha value is -2.89. The molecular formula is C20H22FN3O2. The average Bonchev–Trinajstić information content (AvgIpc) is 2.96. The van der Waals surface area contributed by atoms with Gasteiger partial charge >= 0.3 is 6.03 Å². The average molecular weight is 355 g/mol. The summed E-state index contributed by atoms with van der Waals surface area (Å²) in [6, 6.07) is 12.8. The van der Waals surface area contributed by atoms with Gasteiger partial charge in [0, 0.05) is 24.3 Å². The Morgan fingerprint density at radius 1 is 1.12 bits per heavy atom. The number of carbonyl (C=O) groups excluding carboxylic acids is 2. The number of hydrogen-bond acceptors (Lipinski definition) is 2. The largest absolute Gasteiger partial charge is 0.333 e. The number of hydrogen-bond donors (Lipinski definition) is 2. The van der Waals surface area contributed by atoms with Crippen LogP contribution in [0.25, 0.3) is 0 Å². The predicted molar refractivity (Wildman–Crippen MR) is 99.8 cm³/mol. The van der Waals surface area contributed by atoms with Gasteiger partial charge in [0.1, 0.15) is 5.82 Å². The van der Waals surface area contributed by atoms with Gasteiger partial charge in [-0.25, -0.2) is 9.18 Å². The number of amides is 3. The fourth-order valence-electron chi connectivity index (χ4n) is 2.98. The van der Waals surface area contributed by atoms with Gasteiger partial charge in [0.2, 0.25) is 5.91 Å². The third-order valence-electron chi connectivity index (χ3n) is 4.43. The Labute approximate surface area is 152 Å². The lowest BCUT2D eigenvalue weighted by atomic mass is 10.0. The van der Waals surface area contributed by atoms with Crippen molar-refractivity contribution < 1.29 is 14.0 Å². The van der Waals surface area contributed by atoms with Crippen LogP contribution < -0.4 is 15.5 Å². The highest BCUT2D eigenvalue weighted by atomic mass is 19.1. The van der Waals surface area contributed by atoms with Gasteiger partial charge in [-0.3, -0.25) is 4.79 Å². The molecule has 3 rings (SSSR count). The standard InChI is InChI=1S/C20H22FN3O2/c1-13(2)14-3-7-16(8-4-14)22-20(26)23-17-11-19(25)24(12-17)18-9-5-15(21)6-10-18/h3-10,13,17H,11-12H2,1-2H3,(H2,22,23,26)/t17-/m1/s1. The predicted octanol–water partition coefficient (Wildman–Crippen LogP) is 3.88. The smallest absolute Gasteiger partial charge is 0.319 e. The second-order valence-electron chi connectivity index (χ2n) is 6.76. The first-order valence-electron chi connectivity index (χ1n) is 8.66. The first-order chi connectivity index (χ1) is 12.4. The molecule has 2 aromatic rings. The van der Waals surface area contributed by atoms with Crippen LogP contribution in [0.1, 0.15) is 31.7 Å². The minimum Gasteiger partial charge on any atom is -0.333 e. The van der Waals surface area contributed by atoms with Crippen LogP contribution in [0.2, 0.25) is 0 Å². The molecule has 26 heavy (non-hydrogen) atoms. The molecule has 5 nitrogen and oxygen atoms in total. The summed E-state index contributed by atoms with van der Waals surface area (Å²) in [6.07, 6.45) is 0.219. The van der Waals surface area contributed by atoms with Crippen molar-refractivity contribution in [3.8, 4) is 0 Å². The van der Waals surface area contributed by atoms with Crippen LogP contribution in [0.4, 0.5) is 20.6 Å². The Kier molecular flexibility index (Phi) is 5.21. The van der Waals surface area contributed by atoms with Gasteiger partial charge in [0.15, 0.2) is 0 Å². The van der Waals surface area contributed by atoms with Gasteiger partial charge < -0.3 is 15.5 Å². The van der Waals surface area contributed by atoms with Crippen molar-refractivity contribution in [1.82, 2.24) is 5.32 Å². The van der Waals surface area contributed by atoms with Gasteiger partial charge in [0.05, 0.1) is 6.04 Å². The summed E-state index contributed by atoms with van der Waals surface area (Å²) in [4.78, 5) is 25.9. The first kappa shape index (κ1) is 17.9. The Bertz CT molecular complexity index is 788. The molecule has 0 bridgehead atoms. The van der Waals surface area contributed by atoms with E-state index in [1.807, 2.05) is 24.3 Å². The molecule has 6 heteroatoms. The molecule has 3 amide bonds. The number of nitrogens with one attached hydrogen (secondary N) is 2. The van der Waals surface area contributed by atoms with E-state index in [0.717, 1.165) is 0 Å². The van der Waals surface area contributed by atoms with Crippen molar-refractivity contribution in [2.75, 3.05) is 16.8 Å². The van der Waals surface area contributed by atoms with E-state index in [1.54, 1.807) is 17.0 Å². The molecule has 1 saturated heterocycles. The lowest BCUT2D eigenvalue weighted by Gasteiger charge is -2.17. The van der Waals surface area contributed by atoms with Crippen LogP contribution in [0.5, 0.6) is 0 Å². The summed E-state index contributed by atoms with van der Waals surface area (Å²) in [5.74, 6) is -0.0130. The van der Waals surface area contributed by atoms with Crippen molar-refractivity contribution in [3.63, 3.8) is 0 Å². The molecule has 2 N–H and O–H groups in total. The number of halogens is 1. The van der Waals surface area contributed by atoms with Gasteiger partial charge in [0.25, 0.3) is 0 Å². The van der Waals surface area contributed by atoms with E-state index in [4.69, 9.17) is 0 Å². The van der Waals surface area contributed by atoms with Crippen LogP contribution in [-0.2, 0) is 4.79 Å². The molecule has 1 aliphatic rings. The van der Waals surface area contributed by atoms with Crippen LogP contribution in [0.3, 0.4) is 0 Å². The second-order valence-corrected chi connectivity index (χ2v) is 6.76. The SMILES string of the molecule is CC(C)c1ccc(NC(=O)N[C@@H]2CC(=O)N(c3ccc(F)cc3)C2)cc1. The highest BCUT2D eigenvalue weighted by Crippen LogP contribution is 2.22. The van der Waals surface area contributed by atoms with Gasteiger partial charge in [-0.05, 0) is 47.9 Å². The van der Waals surface area contributed by atoms with E-state index in [0.29, 0.717) is 23.8 Å². The molecule has 0 aliphatic carbocycles. The second kappa shape index (κ2) is 7.56. The lowest BCUT2D eigenvalue weighted by molar-refractivity contribution is -0.117. The van der Waals surface area contributed by atoms with Gasteiger partial charge in [-0.2, -0.15) is 0 Å². The maximum absolute atomic E-state index is 13.0. The molecule has 2 aromatic carbocycles. The molecule has 1 aliphatic heterocycles. The zero-order chi connectivity index (χ0) is 18.7. The molecule has 0 aromatic heterocycles. The molecule has 1 atom stereocenters. The summed E-state index contributed by atoms with van der Waals surface area (Å²) < 4.78 is 13.0. The van der Waals surface area contributed by atoms with E-state index >= 15 is 0 Å². The zero-order valence-electron chi connectivity index (χ0n) is 14.8. The Balaban J connectivity index is 1.56. The summed E-state index contributed by atoms with van der Waals surface area (Å²) in [5, 5.41) is 5.60. The number of urea groups is 1. The number of nitrogens with zero attached hydrogens (tertiary/aromatic N) is 1. The number of anilines is 2. The van der Waals surface area contributed by atoms with Gasteiger partial charge in [-0.15, -0.1) is 0 Å². The van der Waals surface area contributed by atoms with E-state index in [9.17, 15) is 14.0 Å². The van der Waals surface area contributed by atoms with Gasteiger partial charge in [-0.1, -0.05) is 26.0 Å². The molecule has 1 fully saturated rings. The summed E-state index contributed by atoms with van der Waals surface area (Å²) in [7, 11) is 0. The fraction of sp³-hybridized carbons (Fsp3) is 0.300. The molecule has 0 saturated carbocycles. The van der Waals surface area contributed by atoms with Crippen LogP contribution >= 0.6 is 0 Å². The van der Waals surface area contributed by atoms with Crippen LogP contribution in [0.15, 0.2) is 48.5 Å². The zero-order valence-corrected chi connectivity index (χ0v) is 14.8. The summed E-state index contributed by atoms with van der Waals surface area (Å²) in [6.45, 7) is 4.59. The highest BCUT2D eigenvalue weighted by molar-refractivity contribution is 5.97. The normalized spacial score (nSPS) is 16.8. The fourth-order valence-corrected chi connectivity index (χ4v) is 2.98. The topological polar surface area (TPSA) is 61.4 Å². The van der Waals surface area contributed by atoms with Crippen molar-refractivity contribution in [2.45, 2.75) is 32.2 Å². The number of rotatable bonds is 4. The quantitative estimate of drug-likeness (QED) is 0.874. The van der Waals surface area contributed by atoms with E-state index in [-0.39, 0.29) is 30.2 Å². The summed E-state index contributed by atoms with van der Waals surface area (Å²) in [5.41, 5.74) is 2.53. The minimum atomic E-state index is -0.349. The Morgan fingerprint density at radius 3 is 2.38 bits per heavy atom. The molecule has 1 heterocycles. The molecule has 136 valence electrons. The van der Waals surface area contributed by atoms with E-state index in [2.05, 4.69) is 24.5 Å². The maximum atomic E-state index is 13.0. The molecular weight excluding hydrogens is 333 g/mol. The lowest BCUT2D eigenvalue weighted by Crippen LogP contribution is -2.39. The van der Waals surface area contributed by atoms with Crippen molar-refractivity contribution in [2.24, 2.45) is 0 Å². The van der Waals surface area contributed by atoms with E-state index < -0.39 is 0 Å². The van der Waals surface area contributed by atoms with Crippen molar-refractivity contribution in [1.29, 1.82) is 0 Å². The minimum absolute atomic E-state index is 0.0943. The molecule has 0 unspecified atom stereocenters. The monoisotopic (exact) mass is 355 g/mol. The highest BCUT2D eigenvalue weighted by Gasteiger charge is 2.31. The number of benzene rings is 2. The number of carbonyl (C=O) groups is 2. The third kappa shape index (κ3) is 4.20. The first-order valence-corrected chi connectivity index (χ1v) is 8.66. The third-order valence-corrected chi connectivity index (χ3v) is 4.43. The van der Waals surface area contributed by atoms with Crippen molar-refractivity contribution >= 4 is 23.3 Å². The molecule has 0 radical (unpaired) electrons. The maximum Gasteiger partial charge on any atom is 0.319 e. The van der Waals surface area contributed by atoms with Crippen LogP contribution in [0, 0.1) is 5.82 Å². The summed E-state index contributed by atoms with van der Waals surface area (Å²) >= 11 is 0. The van der Waals surface area contributed by atoms with E-state index in [1.165, 1.54) is 17.7 Å². The van der Waals surface area contributed by atoms with Crippen LogP contribution in [-0.4, -0.2) is 24.5 Å². The Morgan fingerprint density at radius 2 is 1.77 bits per heavy atom. The van der Waals surface area contributed by atoms with Crippen molar-refractivity contribution in [3.05, 3.63) is 59.9 Å². The molecule has 0 spiro atoms.